The first-order valence-corrected chi connectivity index (χ1v) is 7.30. The van der Waals surface area contributed by atoms with Gasteiger partial charge in [-0.2, -0.15) is 0 Å². The monoisotopic (exact) mass is 319 g/mol. The van der Waals surface area contributed by atoms with Crippen molar-refractivity contribution in [1.29, 1.82) is 0 Å². The third kappa shape index (κ3) is 4.77. The molecule has 0 radical (unpaired) electrons. The van der Waals surface area contributed by atoms with Crippen LogP contribution in [0.25, 0.3) is 0 Å². The van der Waals surface area contributed by atoms with Gasteiger partial charge in [-0.1, -0.05) is 6.92 Å². The second-order valence-electron chi connectivity index (χ2n) is 4.25. The van der Waals surface area contributed by atoms with Gasteiger partial charge in [0.05, 0.1) is 8.66 Å². The van der Waals surface area contributed by atoms with Gasteiger partial charge in [0.15, 0.2) is 0 Å². The molecule has 0 bridgehead atoms. The predicted octanol–water partition coefficient (Wildman–Crippen LogP) is 2.96. The van der Waals surface area contributed by atoms with E-state index in [0.29, 0.717) is 12.5 Å². The fourth-order valence-corrected chi connectivity index (χ4v) is 2.85. The minimum atomic E-state index is -0.0135. The fraction of sp³-hybridized carbons (Fsp3) is 0.583. The van der Waals surface area contributed by atoms with Crippen LogP contribution in [0.4, 0.5) is 0 Å². The number of carbonyl (C=O) groups excluding carboxylic acids is 1. The van der Waals surface area contributed by atoms with E-state index < -0.39 is 0 Å². The summed E-state index contributed by atoms with van der Waals surface area (Å²) in [5.74, 6) is 0.297. The smallest absolute Gasteiger partial charge is 0.261 e. The average Bonchev–Trinajstić information content (AvgIpc) is 2.64. The summed E-state index contributed by atoms with van der Waals surface area (Å²) in [6.45, 7) is 4.85. The number of hydrogen-bond donors (Lipinski definition) is 2. The van der Waals surface area contributed by atoms with Gasteiger partial charge in [-0.3, -0.25) is 4.79 Å². The maximum absolute atomic E-state index is 11.8. The lowest BCUT2D eigenvalue weighted by atomic mass is 10.1. The predicted molar refractivity (Wildman–Crippen MR) is 74.6 cm³/mol. The average molecular weight is 320 g/mol. The molecule has 0 spiro atoms. The molecule has 3 nitrogen and oxygen atoms in total. The molecule has 1 atom stereocenters. The Kier molecular flexibility index (Phi) is 6.16. The van der Waals surface area contributed by atoms with Gasteiger partial charge >= 0.3 is 0 Å². The first-order chi connectivity index (χ1) is 8.04. The van der Waals surface area contributed by atoms with Crippen molar-refractivity contribution in [2.75, 3.05) is 13.2 Å². The third-order valence-corrected chi connectivity index (χ3v) is 4.69. The van der Waals surface area contributed by atoms with Gasteiger partial charge in [0.1, 0.15) is 0 Å². The number of hydrogen-bond acceptors (Lipinski definition) is 3. The molecule has 1 rings (SSSR count). The summed E-state index contributed by atoms with van der Waals surface area (Å²) in [7, 11) is 0. The van der Waals surface area contributed by atoms with Crippen LogP contribution < -0.4 is 5.32 Å². The van der Waals surface area contributed by atoms with Crippen LogP contribution in [0.5, 0.6) is 0 Å². The molecule has 0 aromatic carbocycles. The maximum Gasteiger partial charge on any atom is 0.261 e. The van der Waals surface area contributed by atoms with Crippen molar-refractivity contribution in [3.8, 4) is 0 Å². The van der Waals surface area contributed by atoms with Gasteiger partial charge in [-0.05, 0) is 53.2 Å². The van der Waals surface area contributed by atoms with E-state index in [0.717, 1.165) is 27.1 Å². The zero-order valence-corrected chi connectivity index (χ0v) is 12.5. The lowest BCUT2D eigenvalue weighted by molar-refractivity contribution is 0.0956. The molecule has 0 saturated heterocycles. The van der Waals surface area contributed by atoms with Crippen LogP contribution >= 0.6 is 27.3 Å². The van der Waals surface area contributed by atoms with Crippen molar-refractivity contribution >= 4 is 33.2 Å². The molecule has 0 saturated carbocycles. The van der Waals surface area contributed by atoms with E-state index in [-0.39, 0.29) is 12.5 Å². The molecule has 0 aliphatic rings. The Labute approximate surface area is 114 Å². The molecule has 0 aliphatic carbocycles. The van der Waals surface area contributed by atoms with Crippen LogP contribution in [0.15, 0.2) is 9.85 Å². The van der Waals surface area contributed by atoms with Gasteiger partial charge in [0, 0.05) is 13.2 Å². The van der Waals surface area contributed by atoms with E-state index in [9.17, 15) is 4.79 Å². The minimum absolute atomic E-state index is 0.0135. The van der Waals surface area contributed by atoms with Crippen LogP contribution in [0.3, 0.4) is 0 Å². The molecule has 0 aliphatic heterocycles. The highest BCUT2D eigenvalue weighted by atomic mass is 79.9. The van der Waals surface area contributed by atoms with Gasteiger partial charge < -0.3 is 10.4 Å². The summed E-state index contributed by atoms with van der Waals surface area (Å²) in [5, 5.41) is 11.8. The number of aliphatic hydroxyl groups excluding tert-OH is 1. The first kappa shape index (κ1) is 14.7. The van der Waals surface area contributed by atoms with Crippen LogP contribution in [-0.2, 0) is 0 Å². The fourth-order valence-electron chi connectivity index (χ4n) is 1.40. The number of rotatable bonds is 6. The van der Waals surface area contributed by atoms with Crippen molar-refractivity contribution in [3.63, 3.8) is 0 Å². The van der Waals surface area contributed by atoms with Gasteiger partial charge in [-0.15, -0.1) is 11.3 Å². The lowest BCUT2D eigenvalue weighted by Crippen LogP contribution is -2.24. The number of amides is 1. The maximum atomic E-state index is 11.8. The summed E-state index contributed by atoms with van der Waals surface area (Å²) in [5.41, 5.74) is 1.09. The largest absolute Gasteiger partial charge is 0.396 e. The Bertz CT molecular complexity index is 359. The summed E-state index contributed by atoms with van der Waals surface area (Å²) in [4.78, 5) is 12.5. The zero-order chi connectivity index (χ0) is 12.8. The van der Waals surface area contributed by atoms with Crippen molar-refractivity contribution in [1.82, 2.24) is 5.32 Å². The van der Waals surface area contributed by atoms with Gasteiger partial charge in [0.2, 0.25) is 0 Å². The number of aliphatic hydroxyl groups is 1. The van der Waals surface area contributed by atoms with Gasteiger partial charge in [-0.25, -0.2) is 0 Å². The molecular weight excluding hydrogens is 302 g/mol. The molecule has 2 N–H and O–H groups in total. The van der Waals surface area contributed by atoms with E-state index in [1.165, 1.54) is 11.3 Å². The second kappa shape index (κ2) is 7.13. The molecule has 0 fully saturated rings. The number of thiophene rings is 1. The van der Waals surface area contributed by atoms with Crippen LogP contribution in [0.2, 0.25) is 0 Å². The Morgan fingerprint density at radius 3 is 2.88 bits per heavy atom. The Hall–Kier alpha value is -0.390. The summed E-state index contributed by atoms with van der Waals surface area (Å²) in [6, 6.07) is 1.89. The highest BCUT2D eigenvalue weighted by molar-refractivity contribution is 9.11. The highest BCUT2D eigenvalue weighted by Crippen LogP contribution is 2.27. The van der Waals surface area contributed by atoms with Crippen molar-refractivity contribution in [3.05, 3.63) is 20.3 Å². The summed E-state index contributed by atoms with van der Waals surface area (Å²) >= 11 is 4.86. The standard InChI is InChI=1S/C12H18BrNO2S/c1-8(7-15)4-3-5-14-12(16)10-6-9(2)11(13)17-10/h6,8,15H,3-5,7H2,1-2H3,(H,14,16). The van der Waals surface area contributed by atoms with Crippen molar-refractivity contribution < 1.29 is 9.90 Å². The topological polar surface area (TPSA) is 49.3 Å². The summed E-state index contributed by atoms with van der Waals surface area (Å²) < 4.78 is 1.01. The molecule has 5 heteroatoms. The Balaban J connectivity index is 2.30. The van der Waals surface area contributed by atoms with Crippen LogP contribution in [0.1, 0.15) is 35.0 Å². The molecule has 1 unspecified atom stereocenters. The van der Waals surface area contributed by atoms with E-state index in [4.69, 9.17) is 5.11 Å². The Morgan fingerprint density at radius 1 is 1.65 bits per heavy atom. The molecule has 1 heterocycles. The van der Waals surface area contributed by atoms with E-state index in [1.807, 2.05) is 19.9 Å². The quantitative estimate of drug-likeness (QED) is 0.792. The SMILES string of the molecule is Cc1cc(C(=O)NCCCC(C)CO)sc1Br. The molecule has 1 amide bonds. The summed E-state index contributed by atoms with van der Waals surface area (Å²) in [6.07, 6.45) is 1.84. The van der Waals surface area contributed by atoms with Crippen LogP contribution in [0, 0.1) is 12.8 Å². The van der Waals surface area contributed by atoms with Gasteiger partial charge in [0.25, 0.3) is 5.91 Å². The molecular formula is C12H18BrNO2S. The number of halogens is 1. The molecule has 96 valence electrons. The van der Waals surface area contributed by atoms with Crippen molar-refractivity contribution in [2.24, 2.45) is 5.92 Å². The lowest BCUT2D eigenvalue weighted by Gasteiger charge is -2.07. The number of aryl methyl sites for hydroxylation is 1. The van der Waals surface area contributed by atoms with Crippen LogP contribution in [-0.4, -0.2) is 24.2 Å². The Morgan fingerprint density at radius 2 is 2.35 bits per heavy atom. The normalized spacial score (nSPS) is 12.5. The molecule has 1 aromatic rings. The van der Waals surface area contributed by atoms with E-state index >= 15 is 0 Å². The van der Waals surface area contributed by atoms with Crippen molar-refractivity contribution in [2.45, 2.75) is 26.7 Å². The minimum Gasteiger partial charge on any atom is -0.396 e. The number of carbonyl (C=O) groups is 1. The van der Waals surface area contributed by atoms with E-state index in [1.54, 1.807) is 0 Å². The van der Waals surface area contributed by atoms with E-state index in [2.05, 4.69) is 21.2 Å². The second-order valence-corrected chi connectivity index (χ2v) is 6.62. The third-order valence-electron chi connectivity index (χ3n) is 2.55. The first-order valence-electron chi connectivity index (χ1n) is 5.69. The zero-order valence-electron chi connectivity index (χ0n) is 10.1. The molecule has 17 heavy (non-hydrogen) atoms. The molecule has 1 aromatic heterocycles. The highest BCUT2D eigenvalue weighted by Gasteiger charge is 2.10. The number of nitrogens with one attached hydrogen (secondary N) is 1.